The quantitative estimate of drug-likeness (QED) is 0.687. The first-order valence-corrected chi connectivity index (χ1v) is 6.59. The van der Waals surface area contributed by atoms with Crippen LogP contribution in [0.5, 0.6) is 0 Å². The third kappa shape index (κ3) is 2.37. The van der Waals surface area contributed by atoms with E-state index in [1.807, 2.05) is 33.5 Å². The van der Waals surface area contributed by atoms with Crippen molar-refractivity contribution in [3.63, 3.8) is 0 Å². The van der Waals surface area contributed by atoms with Gasteiger partial charge in [0.25, 0.3) is 0 Å². The molecule has 104 valence electrons. The Morgan fingerprint density at radius 3 is 2.90 bits per heavy atom. The van der Waals surface area contributed by atoms with Crippen LogP contribution in [0.25, 0.3) is 11.0 Å². The summed E-state index contributed by atoms with van der Waals surface area (Å²) < 4.78 is 4.08. The first-order valence-electron chi connectivity index (χ1n) is 6.59. The molecule has 2 aromatic heterocycles. The first-order chi connectivity index (χ1) is 9.78. The van der Waals surface area contributed by atoms with Gasteiger partial charge in [-0.25, -0.2) is 9.97 Å². The Bertz CT molecular complexity index is 702. The lowest BCUT2D eigenvalue weighted by Crippen LogP contribution is -2.06. The number of aromatic nitrogens is 4. The van der Waals surface area contributed by atoms with Crippen LogP contribution in [0.4, 0.5) is 5.69 Å². The number of nitrogens with two attached hydrogens (primary N) is 1. The molecule has 0 saturated carbocycles. The van der Waals surface area contributed by atoms with Crippen molar-refractivity contribution in [3.05, 3.63) is 42.7 Å². The zero-order valence-corrected chi connectivity index (χ0v) is 11.1. The molecule has 0 unspecified atom stereocenters. The van der Waals surface area contributed by atoms with Crippen molar-refractivity contribution in [2.24, 2.45) is 0 Å². The topological polar surface area (TPSA) is 81.9 Å². The van der Waals surface area contributed by atoms with Gasteiger partial charge < -0.3 is 20.0 Å². The number of aliphatic hydroxyl groups is 1. The summed E-state index contributed by atoms with van der Waals surface area (Å²) >= 11 is 0. The number of hydrogen-bond acceptors (Lipinski definition) is 4. The smallest absolute Gasteiger partial charge is 0.135 e. The van der Waals surface area contributed by atoms with Gasteiger partial charge in [0, 0.05) is 31.2 Å². The third-order valence-electron chi connectivity index (χ3n) is 3.35. The van der Waals surface area contributed by atoms with E-state index in [1.54, 1.807) is 12.5 Å². The van der Waals surface area contributed by atoms with Crippen molar-refractivity contribution >= 4 is 16.7 Å². The van der Waals surface area contributed by atoms with Gasteiger partial charge in [0.2, 0.25) is 0 Å². The molecule has 0 aliphatic heterocycles. The molecule has 0 bridgehead atoms. The Hall–Kier alpha value is -2.34. The van der Waals surface area contributed by atoms with E-state index in [9.17, 15) is 5.11 Å². The highest BCUT2D eigenvalue weighted by molar-refractivity contribution is 5.79. The van der Waals surface area contributed by atoms with Gasteiger partial charge in [-0.2, -0.15) is 0 Å². The number of rotatable bonds is 5. The number of fused-ring (bicyclic) bond motifs is 1. The maximum atomic E-state index is 9.44. The van der Waals surface area contributed by atoms with Crippen molar-refractivity contribution in [2.75, 3.05) is 5.73 Å². The molecule has 3 rings (SSSR count). The molecule has 2 heterocycles. The number of benzene rings is 1. The SMILES string of the molecule is Nc1ccc2c(c1)nc(CO)n2CCCn1ccnc1. The van der Waals surface area contributed by atoms with Gasteiger partial charge >= 0.3 is 0 Å². The predicted molar refractivity (Wildman–Crippen MR) is 76.9 cm³/mol. The molecule has 6 nitrogen and oxygen atoms in total. The monoisotopic (exact) mass is 271 g/mol. The summed E-state index contributed by atoms with van der Waals surface area (Å²) in [5, 5.41) is 9.44. The van der Waals surface area contributed by atoms with E-state index in [4.69, 9.17) is 5.73 Å². The van der Waals surface area contributed by atoms with Crippen molar-refractivity contribution in [1.82, 2.24) is 19.1 Å². The lowest BCUT2D eigenvalue weighted by molar-refractivity contribution is 0.265. The lowest BCUT2D eigenvalue weighted by atomic mass is 10.3. The van der Waals surface area contributed by atoms with Crippen molar-refractivity contribution in [3.8, 4) is 0 Å². The molecule has 3 aromatic rings. The molecule has 0 fully saturated rings. The minimum atomic E-state index is -0.0698. The Kier molecular flexibility index (Phi) is 3.39. The Balaban J connectivity index is 1.82. The van der Waals surface area contributed by atoms with Crippen LogP contribution in [-0.4, -0.2) is 24.2 Å². The predicted octanol–water partition coefficient (Wildman–Crippen LogP) is 1.40. The summed E-state index contributed by atoms with van der Waals surface area (Å²) in [5.74, 6) is 0.677. The highest BCUT2D eigenvalue weighted by atomic mass is 16.3. The molecule has 6 heteroatoms. The second-order valence-electron chi connectivity index (χ2n) is 4.74. The number of imidazole rings is 2. The van der Waals surface area contributed by atoms with E-state index in [0.29, 0.717) is 11.5 Å². The summed E-state index contributed by atoms with van der Waals surface area (Å²) in [5.41, 5.74) is 8.29. The molecule has 0 amide bonds. The van der Waals surface area contributed by atoms with Crippen LogP contribution in [-0.2, 0) is 19.7 Å². The molecule has 1 aromatic carbocycles. The molecular weight excluding hydrogens is 254 g/mol. The van der Waals surface area contributed by atoms with E-state index in [1.165, 1.54) is 0 Å². The second kappa shape index (κ2) is 5.34. The van der Waals surface area contributed by atoms with Gasteiger partial charge in [-0.05, 0) is 24.6 Å². The standard InChI is InChI=1S/C14H17N5O/c15-11-2-3-13-12(8-11)17-14(9-20)19(13)6-1-5-18-7-4-16-10-18/h2-4,7-8,10,20H,1,5-6,9,15H2. The van der Waals surface area contributed by atoms with Gasteiger partial charge in [0.15, 0.2) is 0 Å². The number of nitrogen functional groups attached to an aromatic ring is 1. The Morgan fingerprint density at radius 1 is 1.25 bits per heavy atom. The number of hydrogen-bond donors (Lipinski definition) is 2. The van der Waals surface area contributed by atoms with E-state index in [-0.39, 0.29) is 6.61 Å². The minimum Gasteiger partial charge on any atom is -0.399 e. The number of aliphatic hydroxyl groups excluding tert-OH is 1. The fourth-order valence-corrected chi connectivity index (χ4v) is 2.40. The van der Waals surface area contributed by atoms with Crippen LogP contribution in [0.2, 0.25) is 0 Å². The minimum absolute atomic E-state index is 0.0698. The zero-order chi connectivity index (χ0) is 13.9. The average molecular weight is 271 g/mol. The fraction of sp³-hybridized carbons (Fsp3) is 0.286. The van der Waals surface area contributed by atoms with Gasteiger partial charge in [-0.15, -0.1) is 0 Å². The maximum absolute atomic E-state index is 9.44. The largest absolute Gasteiger partial charge is 0.399 e. The van der Waals surface area contributed by atoms with Crippen LogP contribution in [0.1, 0.15) is 12.2 Å². The van der Waals surface area contributed by atoms with Gasteiger partial charge in [0.05, 0.1) is 17.4 Å². The molecule has 20 heavy (non-hydrogen) atoms. The molecule has 0 atom stereocenters. The van der Waals surface area contributed by atoms with Crippen molar-refractivity contribution < 1.29 is 5.11 Å². The molecule has 0 saturated heterocycles. The summed E-state index contributed by atoms with van der Waals surface area (Å²) in [6.07, 6.45) is 6.47. The first kappa shape index (κ1) is 12.7. The summed E-state index contributed by atoms with van der Waals surface area (Å²) in [6, 6.07) is 5.65. The average Bonchev–Trinajstić information content (AvgIpc) is 3.06. The van der Waals surface area contributed by atoms with Crippen LogP contribution in [0.15, 0.2) is 36.9 Å². The number of aryl methyl sites for hydroxylation is 2. The van der Waals surface area contributed by atoms with Crippen LogP contribution in [0.3, 0.4) is 0 Å². The number of nitrogens with zero attached hydrogens (tertiary/aromatic N) is 4. The molecule has 0 spiro atoms. The van der Waals surface area contributed by atoms with E-state index < -0.39 is 0 Å². The van der Waals surface area contributed by atoms with E-state index in [2.05, 4.69) is 9.97 Å². The Labute approximate surface area is 116 Å². The second-order valence-corrected chi connectivity index (χ2v) is 4.74. The van der Waals surface area contributed by atoms with Crippen molar-refractivity contribution in [2.45, 2.75) is 26.1 Å². The molecule has 0 aliphatic rings. The molecular formula is C14H17N5O. The lowest BCUT2D eigenvalue weighted by Gasteiger charge is -2.08. The zero-order valence-electron chi connectivity index (χ0n) is 11.1. The molecule has 3 N–H and O–H groups in total. The summed E-state index contributed by atoms with van der Waals surface area (Å²) in [6.45, 7) is 1.62. The van der Waals surface area contributed by atoms with Gasteiger partial charge in [-0.3, -0.25) is 0 Å². The summed E-state index contributed by atoms with van der Waals surface area (Å²) in [7, 11) is 0. The molecule has 0 aliphatic carbocycles. The highest BCUT2D eigenvalue weighted by Gasteiger charge is 2.09. The van der Waals surface area contributed by atoms with E-state index in [0.717, 1.165) is 30.5 Å². The van der Waals surface area contributed by atoms with Crippen LogP contribution >= 0.6 is 0 Å². The highest BCUT2D eigenvalue weighted by Crippen LogP contribution is 2.19. The Morgan fingerprint density at radius 2 is 2.15 bits per heavy atom. The summed E-state index contributed by atoms with van der Waals surface area (Å²) in [4.78, 5) is 8.44. The van der Waals surface area contributed by atoms with Gasteiger partial charge in [-0.1, -0.05) is 0 Å². The van der Waals surface area contributed by atoms with E-state index >= 15 is 0 Å². The fourth-order valence-electron chi connectivity index (χ4n) is 2.40. The third-order valence-corrected chi connectivity index (χ3v) is 3.35. The maximum Gasteiger partial charge on any atom is 0.135 e. The number of anilines is 1. The normalized spacial score (nSPS) is 11.2. The van der Waals surface area contributed by atoms with Crippen LogP contribution in [0, 0.1) is 0 Å². The van der Waals surface area contributed by atoms with Crippen molar-refractivity contribution in [1.29, 1.82) is 0 Å². The molecule has 0 radical (unpaired) electrons. The van der Waals surface area contributed by atoms with Crippen LogP contribution < -0.4 is 5.73 Å². The van der Waals surface area contributed by atoms with Gasteiger partial charge in [0.1, 0.15) is 12.4 Å².